The summed E-state index contributed by atoms with van der Waals surface area (Å²) in [6.45, 7) is 1.60. The third kappa shape index (κ3) is 1.90. The van der Waals surface area contributed by atoms with Crippen molar-refractivity contribution in [2.24, 2.45) is 0 Å². The molecule has 0 fully saturated rings. The molecule has 0 atom stereocenters. The van der Waals surface area contributed by atoms with Crippen LogP contribution in [0, 0.1) is 0 Å². The zero-order valence-corrected chi connectivity index (χ0v) is 7.45. The fourth-order valence-electron chi connectivity index (χ4n) is 1.53. The first kappa shape index (κ1) is 11.0. The molecule has 2 heteroatoms. The van der Waals surface area contributed by atoms with E-state index in [1.165, 1.54) is 0 Å². The summed E-state index contributed by atoms with van der Waals surface area (Å²) in [5.41, 5.74) is 0.804. The van der Waals surface area contributed by atoms with Crippen molar-refractivity contribution in [3.05, 3.63) is 48.0 Å². The van der Waals surface area contributed by atoms with Crippen molar-refractivity contribution in [1.29, 1.82) is 0 Å². The molecular formula is C12H11LiO. The molecule has 0 radical (unpaired) electrons. The Bertz CT molecular complexity index is 457. The van der Waals surface area contributed by atoms with E-state index in [-0.39, 0.29) is 24.6 Å². The molecule has 0 heterocycles. The molecule has 0 spiro atoms. The second kappa shape index (κ2) is 4.46. The van der Waals surface area contributed by atoms with Gasteiger partial charge in [0.25, 0.3) is 0 Å². The van der Waals surface area contributed by atoms with Gasteiger partial charge in [-0.05, 0) is 17.7 Å². The van der Waals surface area contributed by atoms with Gasteiger partial charge < -0.3 is 0 Å². The van der Waals surface area contributed by atoms with Crippen LogP contribution in [-0.2, 0) is 0 Å². The Morgan fingerprint density at radius 2 is 1.64 bits per heavy atom. The second-order valence-corrected chi connectivity index (χ2v) is 3.08. The van der Waals surface area contributed by atoms with E-state index in [0.717, 1.165) is 16.3 Å². The van der Waals surface area contributed by atoms with Crippen molar-refractivity contribution >= 4 is 35.4 Å². The average Bonchev–Trinajstić information content (AvgIpc) is 2.17. The quantitative estimate of drug-likeness (QED) is 0.484. The standard InChI is InChI=1S/C12H10O.Li.H/c1-9(13)11-8-4-6-10-5-2-3-7-12(10)11;;/h2-8H,1H3;;. The van der Waals surface area contributed by atoms with Gasteiger partial charge in [-0.1, -0.05) is 42.5 Å². The normalized spacial score (nSPS) is 9.50. The summed E-state index contributed by atoms with van der Waals surface area (Å²) in [7, 11) is 0. The zero-order chi connectivity index (χ0) is 9.26. The number of benzene rings is 2. The summed E-state index contributed by atoms with van der Waals surface area (Å²) in [6.07, 6.45) is 0. The van der Waals surface area contributed by atoms with Gasteiger partial charge in [-0.3, -0.25) is 4.79 Å². The Labute approximate surface area is 95.3 Å². The number of carbonyl (C=O) groups is 1. The predicted molar refractivity (Wildman–Crippen MR) is 61.1 cm³/mol. The SMILES string of the molecule is CC(=O)c1cccc2ccccc12.[LiH]. The molecule has 66 valence electrons. The molecule has 2 aromatic carbocycles. The minimum absolute atomic E-state index is 0. The van der Waals surface area contributed by atoms with E-state index in [9.17, 15) is 4.79 Å². The Morgan fingerprint density at radius 1 is 1.00 bits per heavy atom. The molecule has 0 aliphatic heterocycles. The number of hydrogen-bond donors (Lipinski definition) is 0. The molecule has 0 aromatic heterocycles. The molecule has 14 heavy (non-hydrogen) atoms. The average molecular weight is 178 g/mol. The number of rotatable bonds is 1. The molecule has 0 aliphatic rings. The summed E-state index contributed by atoms with van der Waals surface area (Å²) in [6, 6.07) is 13.7. The molecule has 1 nitrogen and oxygen atoms in total. The Morgan fingerprint density at radius 3 is 2.36 bits per heavy atom. The van der Waals surface area contributed by atoms with Gasteiger partial charge in [0.05, 0.1) is 0 Å². The number of hydrogen-bond acceptors (Lipinski definition) is 1. The third-order valence-electron chi connectivity index (χ3n) is 2.17. The Hall–Kier alpha value is -1.03. The second-order valence-electron chi connectivity index (χ2n) is 3.08. The van der Waals surface area contributed by atoms with Crippen LogP contribution in [0.4, 0.5) is 0 Å². The monoisotopic (exact) mass is 178 g/mol. The van der Waals surface area contributed by atoms with Crippen LogP contribution in [0.2, 0.25) is 0 Å². The van der Waals surface area contributed by atoms with Crippen LogP contribution in [0.3, 0.4) is 0 Å². The van der Waals surface area contributed by atoms with Crippen molar-refractivity contribution in [3.63, 3.8) is 0 Å². The zero-order valence-electron chi connectivity index (χ0n) is 7.45. The van der Waals surface area contributed by atoms with Crippen LogP contribution < -0.4 is 0 Å². The molecule has 0 saturated heterocycles. The summed E-state index contributed by atoms with van der Waals surface area (Å²) in [4.78, 5) is 11.3. The van der Waals surface area contributed by atoms with Gasteiger partial charge in [-0.2, -0.15) is 0 Å². The summed E-state index contributed by atoms with van der Waals surface area (Å²) in [5, 5.41) is 2.16. The fourth-order valence-corrected chi connectivity index (χ4v) is 1.53. The van der Waals surface area contributed by atoms with Crippen LogP contribution in [0.5, 0.6) is 0 Å². The number of ketones is 1. The van der Waals surface area contributed by atoms with Gasteiger partial charge >= 0.3 is 18.9 Å². The Kier molecular flexibility index (Phi) is 3.52. The van der Waals surface area contributed by atoms with Gasteiger partial charge in [0.2, 0.25) is 0 Å². The first-order valence-electron chi connectivity index (χ1n) is 4.28. The van der Waals surface area contributed by atoms with Crippen molar-refractivity contribution < 1.29 is 4.79 Å². The van der Waals surface area contributed by atoms with Crippen LogP contribution in [-0.4, -0.2) is 24.6 Å². The Balaban J connectivity index is 0.000000980. The predicted octanol–water partition coefficient (Wildman–Crippen LogP) is 2.39. The van der Waals surface area contributed by atoms with Crippen LogP contribution in [0.25, 0.3) is 10.8 Å². The molecule has 0 N–H and O–H groups in total. The number of fused-ring (bicyclic) bond motifs is 1. The summed E-state index contributed by atoms with van der Waals surface area (Å²) < 4.78 is 0. The van der Waals surface area contributed by atoms with E-state index in [1.54, 1.807) is 6.92 Å². The van der Waals surface area contributed by atoms with Crippen LogP contribution in [0.1, 0.15) is 17.3 Å². The molecule has 0 unspecified atom stereocenters. The van der Waals surface area contributed by atoms with Crippen LogP contribution in [0.15, 0.2) is 42.5 Å². The van der Waals surface area contributed by atoms with Gasteiger partial charge in [-0.25, -0.2) is 0 Å². The van der Waals surface area contributed by atoms with E-state index in [4.69, 9.17) is 0 Å². The molecule has 0 bridgehead atoms. The first-order chi connectivity index (χ1) is 6.29. The van der Waals surface area contributed by atoms with Gasteiger partial charge in [0.1, 0.15) is 0 Å². The van der Waals surface area contributed by atoms with Gasteiger partial charge in [0.15, 0.2) is 5.78 Å². The maximum absolute atomic E-state index is 11.3. The van der Waals surface area contributed by atoms with E-state index in [2.05, 4.69) is 0 Å². The maximum atomic E-state index is 11.3. The molecule has 0 saturated carbocycles. The van der Waals surface area contributed by atoms with Crippen LogP contribution >= 0.6 is 0 Å². The minimum atomic E-state index is 0. The topological polar surface area (TPSA) is 17.1 Å². The molecular weight excluding hydrogens is 167 g/mol. The van der Waals surface area contributed by atoms with E-state index >= 15 is 0 Å². The third-order valence-corrected chi connectivity index (χ3v) is 2.17. The van der Waals surface area contributed by atoms with Crippen molar-refractivity contribution in [2.45, 2.75) is 6.92 Å². The molecule has 2 rings (SSSR count). The van der Waals surface area contributed by atoms with Crippen molar-refractivity contribution in [3.8, 4) is 0 Å². The molecule has 0 aliphatic carbocycles. The first-order valence-corrected chi connectivity index (χ1v) is 4.28. The number of Topliss-reactive ketones (excluding diaryl/α,β-unsaturated/α-hetero) is 1. The number of carbonyl (C=O) groups excluding carboxylic acids is 1. The van der Waals surface area contributed by atoms with E-state index in [0.29, 0.717) is 0 Å². The van der Waals surface area contributed by atoms with Gasteiger partial charge in [0, 0.05) is 5.56 Å². The van der Waals surface area contributed by atoms with Crippen molar-refractivity contribution in [2.75, 3.05) is 0 Å². The fraction of sp³-hybridized carbons (Fsp3) is 0.0833. The van der Waals surface area contributed by atoms with Gasteiger partial charge in [-0.15, -0.1) is 0 Å². The molecule has 2 aromatic rings. The summed E-state index contributed by atoms with van der Waals surface area (Å²) >= 11 is 0. The van der Waals surface area contributed by atoms with Crippen molar-refractivity contribution in [1.82, 2.24) is 0 Å². The molecule has 0 amide bonds. The van der Waals surface area contributed by atoms with E-state index in [1.807, 2.05) is 42.5 Å². The summed E-state index contributed by atoms with van der Waals surface area (Å²) in [5.74, 6) is 0.122. The van der Waals surface area contributed by atoms with E-state index < -0.39 is 0 Å².